The van der Waals surface area contributed by atoms with Crippen molar-refractivity contribution in [1.82, 2.24) is 10.1 Å². The molecular formula is C18H21N3O4. The zero-order valence-corrected chi connectivity index (χ0v) is 13.9. The van der Waals surface area contributed by atoms with Crippen molar-refractivity contribution in [3.05, 3.63) is 41.5 Å². The second-order valence-electron chi connectivity index (χ2n) is 6.35. The summed E-state index contributed by atoms with van der Waals surface area (Å²) in [6, 6.07) is 6.83. The lowest BCUT2D eigenvalue weighted by Crippen LogP contribution is -2.13. The number of carbonyl (C=O) groups is 2. The smallest absolute Gasteiger partial charge is 0.307 e. The quantitative estimate of drug-likeness (QED) is 0.801. The molecule has 0 bridgehead atoms. The molecule has 0 unspecified atom stereocenters. The summed E-state index contributed by atoms with van der Waals surface area (Å²) in [4.78, 5) is 27.2. The summed E-state index contributed by atoms with van der Waals surface area (Å²) in [5.74, 6) is 0.556. The average Bonchev–Trinajstić information content (AvgIpc) is 3.24. The van der Waals surface area contributed by atoms with E-state index in [0.29, 0.717) is 29.5 Å². The van der Waals surface area contributed by atoms with Crippen molar-refractivity contribution >= 4 is 17.6 Å². The summed E-state index contributed by atoms with van der Waals surface area (Å²) in [6.45, 7) is 0. The molecule has 1 aromatic carbocycles. The van der Waals surface area contributed by atoms with Gasteiger partial charge in [0.1, 0.15) is 0 Å². The second kappa shape index (κ2) is 7.92. The maximum Gasteiger partial charge on any atom is 0.307 e. The van der Waals surface area contributed by atoms with Crippen LogP contribution in [0.3, 0.4) is 0 Å². The summed E-state index contributed by atoms with van der Waals surface area (Å²) >= 11 is 0. The minimum Gasteiger partial charge on any atom is -0.481 e. The minimum atomic E-state index is -0.905. The van der Waals surface area contributed by atoms with Gasteiger partial charge in [0.15, 0.2) is 5.82 Å². The van der Waals surface area contributed by atoms with Gasteiger partial charge in [-0.25, -0.2) is 0 Å². The molecule has 2 aromatic rings. The zero-order chi connectivity index (χ0) is 17.6. The second-order valence-corrected chi connectivity index (χ2v) is 6.35. The minimum absolute atomic E-state index is 0.0738. The van der Waals surface area contributed by atoms with Crippen molar-refractivity contribution in [3.63, 3.8) is 0 Å². The predicted molar refractivity (Wildman–Crippen MR) is 90.2 cm³/mol. The molecule has 1 saturated carbocycles. The molecule has 1 amide bonds. The molecule has 1 aromatic heterocycles. The van der Waals surface area contributed by atoms with Crippen molar-refractivity contribution in [2.75, 3.05) is 5.32 Å². The van der Waals surface area contributed by atoms with Crippen LogP contribution in [0.1, 0.15) is 55.3 Å². The van der Waals surface area contributed by atoms with Gasteiger partial charge in [0.25, 0.3) is 0 Å². The molecule has 0 atom stereocenters. The fourth-order valence-corrected chi connectivity index (χ4v) is 3.10. The third-order valence-electron chi connectivity index (χ3n) is 4.34. The topological polar surface area (TPSA) is 105 Å². The monoisotopic (exact) mass is 343 g/mol. The molecule has 2 N–H and O–H groups in total. The van der Waals surface area contributed by atoms with Crippen LogP contribution in [0.5, 0.6) is 0 Å². The molecule has 25 heavy (non-hydrogen) atoms. The molecule has 0 aliphatic heterocycles. The van der Waals surface area contributed by atoms with E-state index < -0.39 is 5.97 Å². The molecule has 1 aliphatic rings. The molecule has 7 heteroatoms. The maximum absolute atomic E-state index is 12.1. The van der Waals surface area contributed by atoms with Crippen LogP contribution >= 0.6 is 0 Å². The number of benzene rings is 1. The number of carboxylic acids is 1. The van der Waals surface area contributed by atoms with E-state index in [-0.39, 0.29) is 18.7 Å². The Hall–Kier alpha value is -2.70. The van der Waals surface area contributed by atoms with E-state index in [1.807, 2.05) is 0 Å². The zero-order valence-electron chi connectivity index (χ0n) is 13.9. The van der Waals surface area contributed by atoms with Crippen LogP contribution in [0.4, 0.5) is 5.69 Å². The number of rotatable bonds is 7. The van der Waals surface area contributed by atoms with E-state index in [0.717, 1.165) is 18.7 Å². The van der Waals surface area contributed by atoms with Crippen LogP contribution in [0.25, 0.3) is 0 Å². The molecule has 1 aliphatic carbocycles. The van der Waals surface area contributed by atoms with Crippen LogP contribution < -0.4 is 5.32 Å². The van der Waals surface area contributed by atoms with E-state index in [2.05, 4.69) is 15.5 Å². The third-order valence-corrected chi connectivity index (χ3v) is 4.34. The maximum atomic E-state index is 12.1. The lowest BCUT2D eigenvalue weighted by Gasteiger charge is -2.06. The number of carbonyl (C=O) groups excluding carboxylic acids is 1. The Balaban J connectivity index is 1.50. The molecule has 0 spiro atoms. The lowest BCUT2D eigenvalue weighted by molar-refractivity contribution is -0.136. The summed E-state index contributed by atoms with van der Waals surface area (Å²) in [6.07, 6.45) is 5.17. The van der Waals surface area contributed by atoms with Crippen LogP contribution in [0.15, 0.2) is 28.8 Å². The van der Waals surface area contributed by atoms with Crippen molar-refractivity contribution in [3.8, 4) is 0 Å². The van der Waals surface area contributed by atoms with Crippen LogP contribution in [-0.2, 0) is 22.4 Å². The molecule has 132 valence electrons. The molecule has 1 fully saturated rings. The van der Waals surface area contributed by atoms with Crippen LogP contribution in [0, 0.1) is 0 Å². The van der Waals surface area contributed by atoms with Gasteiger partial charge in [-0.05, 0) is 30.5 Å². The highest BCUT2D eigenvalue weighted by Gasteiger charge is 2.22. The number of aryl methyl sites for hydroxylation is 1. The largest absolute Gasteiger partial charge is 0.481 e. The van der Waals surface area contributed by atoms with Crippen molar-refractivity contribution in [2.24, 2.45) is 0 Å². The number of carboxylic acid groups (broad SMARTS) is 1. The molecule has 3 rings (SSSR count). The summed E-state index contributed by atoms with van der Waals surface area (Å²) in [5, 5.41) is 15.6. The number of amides is 1. The first-order chi connectivity index (χ1) is 12.1. The summed E-state index contributed by atoms with van der Waals surface area (Å²) in [5.41, 5.74) is 1.23. The number of nitrogens with one attached hydrogen (secondary N) is 1. The van der Waals surface area contributed by atoms with Crippen molar-refractivity contribution < 1.29 is 19.2 Å². The Morgan fingerprint density at radius 1 is 1.28 bits per heavy atom. The number of aromatic nitrogens is 2. The Morgan fingerprint density at radius 3 is 2.84 bits per heavy atom. The first kappa shape index (κ1) is 17.1. The van der Waals surface area contributed by atoms with E-state index in [4.69, 9.17) is 9.63 Å². The molecule has 1 heterocycles. The van der Waals surface area contributed by atoms with E-state index in [1.54, 1.807) is 24.3 Å². The Bertz CT molecular complexity index is 750. The number of hydrogen-bond donors (Lipinski definition) is 2. The Morgan fingerprint density at radius 2 is 2.08 bits per heavy atom. The highest BCUT2D eigenvalue weighted by Crippen LogP contribution is 2.32. The van der Waals surface area contributed by atoms with E-state index in [9.17, 15) is 9.59 Å². The van der Waals surface area contributed by atoms with Crippen LogP contribution in [-0.4, -0.2) is 27.1 Å². The van der Waals surface area contributed by atoms with Gasteiger partial charge >= 0.3 is 5.97 Å². The third kappa shape index (κ3) is 4.89. The van der Waals surface area contributed by atoms with Gasteiger partial charge in [-0.2, -0.15) is 4.98 Å². The fraction of sp³-hybridized carbons (Fsp3) is 0.444. The number of aliphatic carboxylic acids is 1. The lowest BCUT2D eigenvalue weighted by atomic mass is 10.1. The fourth-order valence-electron chi connectivity index (χ4n) is 3.10. The normalized spacial score (nSPS) is 14.6. The van der Waals surface area contributed by atoms with Gasteiger partial charge in [-0.3, -0.25) is 9.59 Å². The predicted octanol–water partition coefficient (Wildman–Crippen LogP) is 2.93. The van der Waals surface area contributed by atoms with Gasteiger partial charge in [-0.1, -0.05) is 30.1 Å². The van der Waals surface area contributed by atoms with Gasteiger partial charge in [0.2, 0.25) is 11.8 Å². The molecule has 7 nitrogen and oxygen atoms in total. The van der Waals surface area contributed by atoms with Gasteiger partial charge in [0, 0.05) is 24.4 Å². The van der Waals surface area contributed by atoms with E-state index in [1.165, 1.54) is 12.8 Å². The summed E-state index contributed by atoms with van der Waals surface area (Å²) < 4.78 is 5.23. The number of anilines is 1. The first-order valence-corrected chi connectivity index (χ1v) is 8.53. The highest BCUT2D eigenvalue weighted by atomic mass is 16.5. The van der Waals surface area contributed by atoms with Gasteiger partial charge < -0.3 is 14.9 Å². The van der Waals surface area contributed by atoms with Gasteiger partial charge in [0.05, 0.1) is 6.42 Å². The average molecular weight is 343 g/mol. The standard InChI is InChI=1S/C18H21N3O4/c22-15(19-14-7-3-4-12(10-14)11-17(23)24)8-9-16-20-18(21-25-16)13-5-1-2-6-13/h3-4,7,10,13H,1-2,5-6,8-9,11H2,(H,19,22)(H,23,24). The molecule has 0 radical (unpaired) electrons. The van der Waals surface area contributed by atoms with Crippen molar-refractivity contribution in [2.45, 2.75) is 50.9 Å². The highest BCUT2D eigenvalue weighted by molar-refractivity contribution is 5.91. The number of nitrogens with zero attached hydrogens (tertiary/aromatic N) is 2. The van der Waals surface area contributed by atoms with Crippen molar-refractivity contribution in [1.29, 1.82) is 0 Å². The van der Waals surface area contributed by atoms with E-state index >= 15 is 0 Å². The van der Waals surface area contributed by atoms with Gasteiger partial charge in [-0.15, -0.1) is 0 Å². The Kier molecular flexibility index (Phi) is 5.42. The SMILES string of the molecule is O=C(O)Cc1cccc(NC(=O)CCc2nc(C3CCCC3)no2)c1. The molecular weight excluding hydrogens is 322 g/mol. The number of hydrogen-bond acceptors (Lipinski definition) is 5. The Labute approximate surface area is 145 Å². The molecule has 0 saturated heterocycles. The first-order valence-electron chi connectivity index (χ1n) is 8.53. The van der Waals surface area contributed by atoms with Crippen LogP contribution in [0.2, 0.25) is 0 Å². The summed E-state index contributed by atoms with van der Waals surface area (Å²) in [7, 11) is 0.